The van der Waals surface area contributed by atoms with Gasteiger partial charge in [-0.05, 0) is 44.5 Å². The monoisotopic (exact) mass is 483 g/mol. The van der Waals surface area contributed by atoms with Crippen LogP contribution in [0.5, 0.6) is 17.2 Å². The first-order chi connectivity index (χ1) is 16.4. The van der Waals surface area contributed by atoms with Crippen LogP contribution in [0.25, 0.3) is 11.1 Å². The summed E-state index contributed by atoms with van der Waals surface area (Å²) in [5.74, 6) is 1.19. The van der Waals surface area contributed by atoms with Gasteiger partial charge in [-0.2, -0.15) is 0 Å². The van der Waals surface area contributed by atoms with E-state index >= 15 is 0 Å². The maximum absolute atomic E-state index is 13.0. The molecule has 0 radical (unpaired) electrons. The Morgan fingerprint density at radius 3 is 2.26 bits per heavy atom. The average molecular weight is 484 g/mol. The van der Waals surface area contributed by atoms with Crippen molar-refractivity contribution in [1.82, 2.24) is 0 Å². The van der Waals surface area contributed by atoms with Gasteiger partial charge in [-0.1, -0.05) is 18.2 Å². The lowest BCUT2D eigenvalue weighted by Crippen LogP contribution is -2.17. The van der Waals surface area contributed by atoms with Crippen LogP contribution in [0.1, 0.15) is 34.6 Å². The Balaban J connectivity index is 1.93. The number of ether oxygens (including phenoxy) is 4. The Bertz CT molecular complexity index is 1150. The van der Waals surface area contributed by atoms with Crippen LogP contribution in [0, 0.1) is 6.92 Å². The van der Waals surface area contributed by atoms with Crippen LogP contribution in [0.3, 0.4) is 0 Å². The van der Waals surface area contributed by atoms with Gasteiger partial charge in [0.15, 0.2) is 0 Å². The van der Waals surface area contributed by atoms with Crippen LogP contribution in [0.2, 0.25) is 0 Å². The fourth-order valence-corrected chi connectivity index (χ4v) is 4.69. The van der Waals surface area contributed by atoms with E-state index in [4.69, 9.17) is 18.9 Å². The minimum atomic E-state index is -0.479. The van der Waals surface area contributed by atoms with E-state index in [2.05, 4.69) is 5.32 Å². The molecule has 3 aromatic rings. The minimum Gasteiger partial charge on any atom is -0.497 e. The molecule has 1 amide bonds. The number of benzene rings is 2. The van der Waals surface area contributed by atoms with Crippen molar-refractivity contribution in [1.29, 1.82) is 0 Å². The number of thiophene rings is 1. The lowest BCUT2D eigenvalue weighted by Gasteiger charge is -2.12. The highest BCUT2D eigenvalue weighted by Crippen LogP contribution is 2.41. The Morgan fingerprint density at radius 2 is 1.65 bits per heavy atom. The van der Waals surface area contributed by atoms with E-state index in [-0.39, 0.29) is 18.9 Å². The van der Waals surface area contributed by atoms with Gasteiger partial charge in [0.25, 0.3) is 0 Å². The van der Waals surface area contributed by atoms with Crippen molar-refractivity contribution in [3.05, 3.63) is 58.5 Å². The van der Waals surface area contributed by atoms with E-state index < -0.39 is 5.97 Å². The number of carbonyl (C=O) groups excluding carboxylic acids is 2. The molecular formula is C26H29NO6S. The normalized spacial score (nSPS) is 10.5. The molecule has 7 nitrogen and oxygen atoms in total. The molecule has 0 atom stereocenters. The molecule has 180 valence electrons. The molecular weight excluding hydrogens is 454 g/mol. The van der Waals surface area contributed by atoms with Crippen molar-refractivity contribution in [2.75, 3.05) is 32.8 Å². The van der Waals surface area contributed by atoms with Crippen molar-refractivity contribution in [2.45, 2.75) is 27.2 Å². The molecule has 1 heterocycles. The molecule has 3 rings (SSSR count). The second-order valence-electron chi connectivity index (χ2n) is 7.32. The molecule has 0 aliphatic carbocycles. The average Bonchev–Trinajstić information content (AvgIpc) is 3.15. The predicted molar refractivity (Wildman–Crippen MR) is 133 cm³/mol. The lowest BCUT2D eigenvalue weighted by molar-refractivity contribution is -0.115. The molecule has 8 heteroatoms. The number of anilines is 1. The molecule has 0 saturated carbocycles. The minimum absolute atomic E-state index is 0.0742. The number of hydrogen-bond donors (Lipinski definition) is 1. The number of esters is 1. The third kappa shape index (κ3) is 5.69. The zero-order valence-electron chi connectivity index (χ0n) is 20.0. The Hall–Kier alpha value is -3.52. The number of hydrogen-bond acceptors (Lipinski definition) is 7. The molecule has 1 aromatic heterocycles. The van der Waals surface area contributed by atoms with E-state index in [1.807, 2.05) is 38.1 Å². The summed E-state index contributed by atoms with van der Waals surface area (Å²) in [6.45, 7) is 6.39. The zero-order chi connectivity index (χ0) is 24.7. The first kappa shape index (κ1) is 25.1. The zero-order valence-corrected chi connectivity index (χ0v) is 20.8. The quantitative estimate of drug-likeness (QED) is 0.384. The topological polar surface area (TPSA) is 83.1 Å². The van der Waals surface area contributed by atoms with E-state index in [0.717, 1.165) is 21.8 Å². The summed E-state index contributed by atoms with van der Waals surface area (Å²) in [6.07, 6.45) is 0.0742. The summed E-state index contributed by atoms with van der Waals surface area (Å²) in [5.41, 5.74) is 2.64. The number of amides is 1. The molecule has 0 bridgehead atoms. The summed E-state index contributed by atoms with van der Waals surface area (Å²) in [4.78, 5) is 26.8. The number of methoxy groups -OCH3 is 2. The van der Waals surface area contributed by atoms with Crippen molar-refractivity contribution in [3.8, 4) is 28.4 Å². The number of aryl methyl sites for hydroxylation is 1. The highest BCUT2D eigenvalue weighted by atomic mass is 32.1. The van der Waals surface area contributed by atoms with Crippen LogP contribution in [-0.2, 0) is 16.0 Å². The van der Waals surface area contributed by atoms with Crippen molar-refractivity contribution >= 4 is 28.2 Å². The van der Waals surface area contributed by atoms with E-state index in [0.29, 0.717) is 34.2 Å². The maximum atomic E-state index is 13.0. The van der Waals surface area contributed by atoms with Crippen LogP contribution < -0.4 is 19.5 Å². The van der Waals surface area contributed by atoms with E-state index in [1.54, 1.807) is 39.3 Å². The SMILES string of the molecule is CCOC(=O)c1c(NC(=O)Cc2ccc(OC)cc2OC)sc(C)c1-c1ccc(OCC)cc1. The molecule has 0 saturated heterocycles. The van der Waals surface area contributed by atoms with Gasteiger partial charge < -0.3 is 24.3 Å². The molecule has 2 aromatic carbocycles. The second-order valence-corrected chi connectivity index (χ2v) is 8.54. The summed E-state index contributed by atoms with van der Waals surface area (Å²) < 4.78 is 21.5. The standard InChI is InChI=1S/C26H29NO6S/c1-6-32-19-11-8-17(9-12-19)23-16(3)34-25(24(23)26(29)33-7-2)27-22(28)14-18-10-13-20(30-4)15-21(18)31-5/h8-13,15H,6-7,14H2,1-5H3,(H,27,28). The molecule has 0 aliphatic rings. The predicted octanol–water partition coefficient (Wildman–Crippen LogP) is 5.50. The van der Waals surface area contributed by atoms with Crippen LogP contribution >= 0.6 is 11.3 Å². The van der Waals surface area contributed by atoms with Gasteiger partial charge >= 0.3 is 5.97 Å². The molecule has 1 N–H and O–H groups in total. The van der Waals surface area contributed by atoms with Gasteiger partial charge in [0.05, 0.1) is 33.9 Å². The van der Waals surface area contributed by atoms with Crippen molar-refractivity contribution < 1.29 is 28.5 Å². The fraction of sp³-hybridized carbons (Fsp3) is 0.308. The van der Waals surface area contributed by atoms with Gasteiger partial charge in [0.1, 0.15) is 27.8 Å². The number of carbonyl (C=O) groups is 2. The highest BCUT2D eigenvalue weighted by Gasteiger charge is 2.26. The summed E-state index contributed by atoms with van der Waals surface area (Å²) in [5, 5.41) is 3.36. The van der Waals surface area contributed by atoms with Crippen molar-refractivity contribution in [2.24, 2.45) is 0 Å². The number of rotatable bonds is 10. The fourth-order valence-electron chi connectivity index (χ4n) is 3.60. The number of nitrogens with one attached hydrogen (secondary N) is 1. The molecule has 0 fully saturated rings. The lowest BCUT2D eigenvalue weighted by atomic mass is 10.0. The smallest absolute Gasteiger partial charge is 0.341 e. The Morgan fingerprint density at radius 1 is 0.941 bits per heavy atom. The largest absolute Gasteiger partial charge is 0.497 e. The van der Waals surface area contributed by atoms with Gasteiger partial charge in [-0.25, -0.2) is 4.79 Å². The molecule has 34 heavy (non-hydrogen) atoms. The van der Waals surface area contributed by atoms with Crippen LogP contribution in [0.4, 0.5) is 5.00 Å². The van der Waals surface area contributed by atoms with E-state index in [9.17, 15) is 9.59 Å². The molecule has 0 aliphatic heterocycles. The van der Waals surface area contributed by atoms with Crippen LogP contribution in [0.15, 0.2) is 42.5 Å². The summed E-state index contributed by atoms with van der Waals surface area (Å²) in [7, 11) is 3.11. The van der Waals surface area contributed by atoms with Crippen LogP contribution in [-0.4, -0.2) is 39.3 Å². The summed E-state index contributed by atoms with van der Waals surface area (Å²) in [6, 6.07) is 12.8. The van der Waals surface area contributed by atoms with Gasteiger partial charge in [0.2, 0.25) is 5.91 Å². The molecule has 0 unspecified atom stereocenters. The summed E-state index contributed by atoms with van der Waals surface area (Å²) >= 11 is 1.34. The third-order valence-electron chi connectivity index (χ3n) is 5.12. The highest BCUT2D eigenvalue weighted by molar-refractivity contribution is 7.17. The first-order valence-corrected chi connectivity index (χ1v) is 11.8. The second kappa shape index (κ2) is 11.6. The Kier molecular flexibility index (Phi) is 8.54. The van der Waals surface area contributed by atoms with Gasteiger partial charge in [-0.3, -0.25) is 4.79 Å². The molecule has 0 spiro atoms. The van der Waals surface area contributed by atoms with Gasteiger partial charge in [0, 0.05) is 22.1 Å². The maximum Gasteiger partial charge on any atom is 0.341 e. The van der Waals surface area contributed by atoms with E-state index in [1.165, 1.54) is 11.3 Å². The van der Waals surface area contributed by atoms with Gasteiger partial charge in [-0.15, -0.1) is 11.3 Å². The Labute approximate surface area is 203 Å². The first-order valence-electron chi connectivity index (χ1n) is 11.0. The third-order valence-corrected chi connectivity index (χ3v) is 6.14. The van der Waals surface area contributed by atoms with Crippen molar-refractivity contribution in [3.63, 3.8) is 0 Å².